The third-order valence-electron chi connectivity index (χ3n) is 4.05. The van der Waals surface area contributed by atoms with E-state index in [4.69, 9.17) is 21.1 Å². The van der Waals surface area contributed by atoms with Crippen LogP contribution in [0.15, 0.2) is 42.5 Å². The van der Waals surface area contributed by atoms with E-state index in [0.717, 1.165) is 5.56 Å². The predicted molar refractivity (Wildman–Crippen MR) is 105 cm³/mol. The van der Waals surface area contributed by atoms with Crippen LogP contribution in [-0.4, -0.2) is 26.7 Å². The van der Waals surface area contributed by atoms with E-state index in [1.54, 1.807) is 32.4 Å². The maximum atomic E-state index is 12.3. The van der Waals surface area contributed by atoms with E-state index in [-0.39, 0.29) is 18.5 Å². The van der Waals surface area contributed by atoms with E-state index < -0.39 is 0 Å². The number of nitrogens with one attached hydrogen (secondary N) is 2. The van der Waals surface area contributed by atoms with E-state index in [0.29, 0.717) is 28.1 Å². The highest BCUT2D eigenvalue weighted by Crippen LogP contribution is 2.29. The maximum Gasteiger partial charge on any atom is 0.238 e. The van der Waals surface area contributed by atoms with Crippen LogP contribution in [0.2, 0.25) is 5.02 Å². The van der Waals surface area contributed by atoms with Gasteiger partial charge in [0.05, 0.1) is 20.8 Å². The topological polar surface area (TPSA) is 59.6 Å². The molecule has 0 aliphatic heterocycles. The van der Waals surface area contributed by atoms with E-state index >= 15 is 0 Å². The summed E-state index contributed by atoms with van der Waals surface area (Å²) in [5, 5.41) is 6.88. The number of halogens is 1. The highest BCUT2D eigenvalue weighted by atomic mass is 35.5. The normalized spacial score (nSPS) is 11.9. The van der Waals surface area contributed by atoms with Crippen molar-refractivity contribution >= 4 is 23.2 Å². The van der Waals surface area contributed by atoms with Gasteiger partial charge in [-0.3, -0.25) is 4.79 Å². The van der Waals surface area contributed by atoms with Crippen LogP contribution in [0.5, 0.6) is 11.5 Å². The Labute approximate surface area is 159 Å². The first-order valence-corrected chi connectivity index (χ1v) is 8.83. The fourth-order valence-electron chi connectivity index (χ4n) is 2.73. The molecule has 0 radical (unpaired) electrons. The van der Waals surface area contributed by atoms with Crippen molar-refractivity contribution in [3.8, 4) is 11.5 Å². The standard InChI is InChI=1S/C20H25ClN2O3/c1-13(2)20(14-5-7-15(21)8-6-14)22-12-19(24)23-16-9-10-17(25-3)18(11-16)26-4/h5-11,13,20,22H,12H2,1-4H3,(H,23,24). The number of ether oxygens (including phenoxy) is 2. The molecule has 2 rings (SSSR count). The molecule has 0 saturated heterocycles. The molecule has 2 aromatic rings. The molecule has 1 atom stereocenters. The number of amides is 1. The number of methoxy groups -OCH3 is 2. The molecule has 0 saturated carbocycles. The average molecular weight is 377 g/mol. The predicted octanol–water partition coefficient (Wildman–Crippen LogP) is 4.28. The van der Waals surface area contributed by atoms with Gasteiger partial charge in [-0.25, -0.2) is 0 Å². The molecule has 0 bridgehead atoms. The second-order valence-electron chi connectivity index (χ2n) is 6.27. The Hall–Kier alpha value is -2.24. The van der Waals surface area contributed by atoms with Crippen LogP contribution in [0.4, 0.5) is 5.69 Å². The molecular formula is C20H25ClN2O3. The molecule has 6 heteroatoms. The zero-order chi connectivity index (χ0) is 19.1. The van der Waals surface area contributed by atoms with Gasteiger partial charge >= 0.3 is 0 Å². The van der Waals surface area contributed by atoms with Gasteiger partial charge in [0, 0.05) is 22.8 Å². The SMILES string of the molecule is COc1ccc(NC(=O)CNC(c2ccc(Cl)cc2)C(C)C)cc1OC. The van der Waals surface area contributed by atoms with Crippen molar-refractivity contribution in [2.75, 3.05) is 26.1 Å². The zero-order valence-electron chi connectivity index (χ0n) is 15.5. The van der Waals surface area contributed by atoms with Crippen LogP contribution in [0.25, 0.3) is 0 Å². The number of carbonyl (C=O) groups excluding carboxylic acids is 1. The number of hydrogen-bond acceptors (Lipinski definition) is 4. The van der Waals surface area contributed by atoms with Crippen molar-refractivity contribution in [3.05, 3.63) is 53.1 Å². The molecule has 1 unspecified atom stereocenters. The Bertz CT molecular complexity index is 732. The van der Waals surface area contributed by atoms with E-state index in [9.17, 15) is 4.79 Å². The van der Waals surface area contributed by atoms with Gasteiger partial charge < -0.3 is 20.1 Å². The maximum absolute atomic E-state index is 12.3. The first-order valence-electron chi connectivity index (χ1n) is 8.45. The van der Waals surface area contributed by atoms with Gasteiger partial charge in [-0.2, -0.15) is 0 Å². The fraction of sp³-hybridized carbons (Fsp3) is 0.350. The first kappa shape index (κ1) is 20.1. The van der Waals surface area contributed by atoms with E-state index in [2.05, 4.69) is 24.5 Å². The first-order chi connectivity index (χ1) is 12.4. The molecule has 0 heterocycles. The summed E-state index contributed by atoms with van der Waals surface area (Å²) < 4.78 is 10.5. The molecule has 0 spiro atoms. The van der Waals surface area contributed by atoms with Crippen LogP contribution in [0.3, 0.4) is 0 Å². The lowest BCUT2D eigenvalue weighted by Crippen LogP contribution is -2.33. The summed E-state index contributed by atoms with van der Waals surface area (Å²) in [5.74, 6) is 1.38. The average Bonchev–Trinajstić information content (AvgIpc) is 2.63. The van der Waals surface area contributed by atoms with Crippen molar-refractivity contribution in [2.45, 2.75) is 19.9 Å². The Kier molecular flexibility index (Phi) is 7.30. The van der Waals surface area contributed by atoms with Gasteiger partial charge in [-0.05, 0) is 35.7 Å². The fourth-order valence-corrected chi connectivity index (χ4v) is 2.86. The Morgan fingerprint density at radius 3 is 2.27 bits per heavy atom. The zero-order valence-corrected chi connectivity index (χ0v) is 16.3. The van der Waals surface area contributed by atoms with Crippen molar-refractivity contribution in [3.63, 3.8) is 0 Å². The molecule has 26 heavy (non-hydrogen) atoms. The monoisotopic (exact) mass is 376 g/mol. The lowest BCUT2D eigenvalue weighted by molar-refractivity contribution is -0.115. The van der Waals surface area contributed by atoms with Gasteiger partial charge in [0.25, 0.3) is 0 Å². The Morgan fingerprint density at radius 2 is 1.69 bits per heavy atom. The minimum atomic E-state index is -0.128. The summed E-state index contributed by atoms with van der Waals surface area (Å²) in [6, 6.07) is 13.0. The van der Waals surface area contributed by atoms with Gasteiger partial charge in [-0.1, -0.05) is 37.6 Å². The third kappa shape index (κ3) is 5.38. The van der Waals surface area contributed by atoms with Crippen molar-refractivity contribution in [1.82, 2.24) is 5.32 Å². The molecule has 2 aromatic carbocycles. The summed E-state index contributed by atoms with van der Waals surface area (Å²) >= 11 is 5.96. The molecule has 1 amide bonds. The Morgan fingerprint density at radius 1 is 1.04 bits per heavy atom. The minimum absolute atomic E-state index is 0.0587. The van der Waals surface area contributed by atoms with E-state index in [1.807, 2.05) is 24.3 Å². The molecule has 0 aliphatic rings. The highest BCUT2D eigenvalue weighted by Gasteiger charge is 2.17. The quantitative estimate of drug-likeness (QED) is 0.721. The molecule has 5 nitrogen and oxygen atoms in total. The van der Waals surface area contributed by atoms with Crippen LogP contribution >= 0.6 is 11.6 Å². The third-order valence-corrected chi connectivity index (χ3v) is 4.30. The molecule has 0 fully saturated rings. The smallest absolute Gasteiger partial charge is 0.238 e. The van der Waals surface area contributed by atoms with Crippen LogP contribution < -0.4 is 20.1 Å². The van der Waals surface area contributed by atoms with Crippen molar-refractivity contribution in [1.29, 1.82) is 0 Å². The number of benzene rings is 2. The lowest BCUT2D eigenvalue weighted by atomic mass is 9.96. The Balaban J connectivity index is 1.99. The van der Waals surface area contributed by atoms with Gasteiger partial charge in [0.15, 0.2) is 11.5 Å². The summed E-state index contributed by atoms with van der Waals surface area (Å²) in [4.78, 5) is 12.3. The number of anilines is 1. The highest BCUT2D eigenvalue weighted by molar-refractivity contribution is 6.30. The number of carbonyl (C=O) groups is 1. The summed E-state index contributed by atoms with van der Waals surface area (Å²) in [6.07, 6.45) is 0. The molecule has 0 aliphatic carbocycles. The molecule has 140 valence electrons. The summed E-state index contributed by atoms with van der Waals surface area (Å²) in [5.41, 5.74) is 1.75. The van der Waals surface area contributed by atoms with Gasteiger partial charge in [0.2, 0.25) is 5.91 Å². The van der Waals surface area contributed by atoms with Crippen LogP contribution in [-0.2, 0) is 4.79 Å². The van der Waals surface area contributed by atoms with Gasteiger partial charge in [-0.15, -0.1) is 0 Å². The lowest BCUT2D eigenvalue weighted by Gasteiger charge is -2.23. The summed E-state index contributed by atoms with van der Waals surface area (Å²) in [6.45, 7) is 4.41. The van der Waals surface area contributed by atoms with Crippen LogP contribution in [0.1, 0.15) is 25.5 Å². The molecular weight excluding hydrogens is 352 g/mol. The second-order valence-corrected chi connectivity index (χ2v) is 6.71. The van der Waals surface area contributed by atoms with E-state index in [1.165, 1.54) is 0 Å². The minimum Gasteiger partial charge on any atom is -0.493 e. The van der Waals surface area contributed by atoms with Crippen LogP contribution in [0, 0.1) is 5.92 Å². The number of rotatable bonds is 8. The molecule has 0 aromatic heterocycles. The summed E-state index contributed by atoms with van der Waals surface area (Å²) in [7, 11) is 3.13. The second kappa shape index (κ2) is 9.46. The largest absolute Gasteiger partial charge is 0.493 e. The van der Waals surface area contributed by atoms with Crippen molar-refractivity contribution < 1.29 is 14.3 Å². The van der Waals surface area contributed by atoms with Gasteiger partial charge in [0.1, 0.15) is 0 Å². The molecule has 2 N–H and O–H groups in total. The number of hydrogen-bond donors (Lipinski definition) is 2. The van der Waals surface area contributed by atoms with Crippen molar-refractivity contribution in [2.24, 2.45) is 5.92 Å².